The number of aromatic nitrogens is 4. The summed E-state index contributed by atoms with van der Waals surface area (Å²) in [5.41, 5.74) is 3.04. The highest BCUT2D eigenvalue weighted by atomic mass is 16.3. The first-order valence-corrected chi connectivity index (χ1v) is 7.75. The van der Waals surface area contributed by atoms with Crippen molar-refractivity contribution in [3.8, 4) is 16.8 Å². The number of rotatable bonds is 4. The first kappa shape index (κ1) is 15.6. The second kappa shape index (κ2) is 6.52. The maximum atomic E-state index is 12.5. The molecule has 0 spiro atoms. The number of carbonyl (C=O) groups is 1. The molecule has 0 aliphatic carbocycles. The van der Waals surface area contributed by atoms with Gasteiger partial charge in [-0.15, -0.1) is 0 Å². The predicted octanol–water partition coefficient (Wildman–Crippen LogP) is 2.47. The van der Waals surface area contributed by atoms with Gasteiger partial charge in [0.1, 0.15) is 0 Å². The lowest BCUT2D eigenvalue weighted by Crippen LogP contribution is -2.16. The van der Waals surface area contributed by atoms with Crippen molar-refractivity contribution in [3.63, 3.8) is 0 Å². The van der Waals surface area contributed by atoms with E-state index in [0.717, 1.165) is 15.8 Å². The minimum Gasteiger partial charge on any atom is -0.472 e. The van der Waals surface area contributed by atoms with Crippen LogP contribution in [0, 0.1) is 0 Å². The van der Waals surface area contributed by atoms with Crippen molar-refractivity contribution in [2.24, 2.45) is 0 Å². The number of anilines is 1. The lowest BCUT2D eigenvalue weighted by molar-refractivity contribution is 0.102. The van der Waals surface area contributed by atoms with Crippen LogP contribution in [-0.2, 0) is 0 Å². The average Bonchev–Trinajstić information content (AvgIpc) is 3.34. The van der Waals surface area contributed by atoms with E-state index < -0.39 is 5.69 Å². The van der Waals surface area contributed by atoms with E-state index >= 15 is 0 Å². The van der Waals surface area contributed by atoms with Crippen molar-refractivity contribution in [2.45, 2.75) is 0 Å². The lowest BCUT2D eigenvalue weighted by Gasteiger charge is -2.07. The molecule has 0 saturated carbocycles. The van der Waals surface area contributed by atoms with Gasteiger partial charge in [-0.1, -0.05) is 12.1 Å². The predicted molar refractivity (Wildman–Crippen MR) is 94.1 cm³/mol. The zero-order valence-corrected chi connectivity index (χ0v) is 13.4. The van der Waals surface area contributed by atoms with Gasteiger partial charge >= 0.3 is 5.69 Å². The number of hydrogen-bond donors (Lipinski definition) is 2. The Bertz CT molecular complexity index is 1090. The minimum absolute atomic E-state index is 0.235. The molecular weight excluding hydrogens is 334 g/mol. The molecular formula is C18H13N5O3. The molecule has 2 aromatic heterocycles. The second-order valence-corrected chi connectivity index (χ2v) is 5.51. The Balaban J connectivity index is 1.52. The fourth-order valence-electron chi connectivity index (χ4n) is 2.52. The number of nitrogens with zero attached hydrogens (tertiary/aromatic N) is 3. The molecule has 26 heavy (non-hydrogen) atoms. The Morgan fingerprint density at radius 1 is 1.08 bits per heavy atom. The summed E-state index contributed by atoms with van der Waals surface area (Å²) < 4.78 is 6.20. The van der Waals surface area contributed by atoms with Crippen LogP contribution in [0.5, 0.6) is 0 Å². The Hall–Kier alpha value is -3.94. The highest BCUT2D eigenvalue weighted by Gasteiger charge is 2.09. The number of furan rings is 1. The van der Waals surface area contributed by atoms with Crippen LogP contribution in [0.2, 0.25) is 0 Å². The summed E-state index contributed by atoms with van der Waals surface area (Å²) >= 11 is 0. The molecule has 0 aliphatic heterocycles. The highest BCUT2D eigenvalue weighted by molar-refractivity contribution is 6.05. The number of amides is 1. The number of nitrogens with one attached hydrogen (secondary N) is 2. The molecule has 0 atom stereocenters. The topological polar surface area (TPSA) is 106 Å². The first-order valence-electron chi connectivity index (χ1n) is 7.75. The summed E-state index contributed by atoms with van der Waals surface area (Å²) in [7, 11) is 0. The average molecular weight is 347 g/mol. The van der Waals surface area contributed by atoms with Crippen LogP contribution in [0.1, 0.15) is 10.4 Å². The van der Waals surface area contributed by atoms with E-state index in [0.29, 0.717) is 16.9 Å². The van der Waals surface area contributed by atoms with Crippen LogP contribution in [0.25, 0.3) is 16.8 Å². The molecule has 1 amide bonds. The van der Waals surface area contributed by atoms with E-state index in [4.69, 9.17) is 4.42 Å². The first-order chi connectivity index (χ1) is 12.7. The maximum absolute atomic E-state index is 12.5. The molecule has 2 aromatic carbocycles. The fraction of sp³-hybridized carbons (Fsp3) is 0. The quantitative estimate of drug-likeness (QED) is 0.590. The minimum atomic E-state index is -0.433. The number of hydrogen-bond acceptors (Lipinski definition) is 5. The third kappa shape index (κ3) is 3.03. The van der Waals surface area contributed by atoms with Crippen molar-refractivity contribution in [3.05, 3.63) is 83.2 Å². The molecule has 128 valence electrons. The standard InChI is InChI=1S/C18H13N5O3/c24-17(13-3-1-2-12(10-13)14-8-9-26-11-14)19-15-4-6-16(7-5-15)23-18(25)20-21-22-23/h1-11H,(H,19,24)(H,20,22,25). The summed E-state index contributed by atoms with van der Waals surface area (Å²) in [6, 6.07) is 15.8. The Labute approximate surface area is 147 Å². The van der Waals surface area contributed by atoms with Gasteiger partial charge in [-0.05, 0) is 58.5 Å². The largest absolute Gasteiger partial charge is 0.472 e. The molecule has 0 aliphatic rings. The third-order valence-corrected chi connectivity index (χ3v) is 3.82. The van der Waals surface area contributed by atoms with E-state index in [9.17, 15) is 9.59 Å². The van der Waals surface area contributed by atoms with Gasteiger partial charge in [-0.3, -0.25) is 4.79 Å². The van der Waals surface area contributed by atoms with Crippen LogP contribution < -0.4 is 11.0 Å². The van der Waals surface area contributed by atoms with Gasteiger partial charge in [-0.25, -0.2) is 9.89 Å². The maximum Gasteiger partial charge on any atom is 0.365 e. The molecule has 8 heteroatoms. The molecule has 2 N–H and O–H groups in total. The van der Waals surface area contributed by atoms with Gasteiger partial charge in [0.2, 0.25) is 0 Å². The van der Waals surface area contributed by atoms with E-state index in [1.165, 1.54) is 0 Å². The normalized spacial score (nSPS) is 10.6. The van der Waals surface area contributed by atoms with Crippen LogP contribution >= 0.6 is 0 Å². The molecule has 0 unspecified atom stereocenters. The van der Waals surface area contributed by atoms with Gasteiger partial charge in [-0.2, -0.15) is 4.68 Å². The van der Waals surface area contributed by atoms with E-state index in [2.05, 4.69) is 20.8 Å². The van der Waals surface area contributed by atoms with Gasteiger partial charge in [0.05, 0.1) is 18.2 Å². The van der Waals surface area contributed by atoms with Gasteiger partial charge in [0.15, 0.2) is 0 Å². The molecule has 4 rings (SSSR count). The van der Waals surface area contributed by atoms with E-state index in [-0.39, 0.29) is 5.91 Å². The monoisotopic (exact) mass is 347 g/mol. The SMILES string of the molecule is O=C(Nc1ccc(-n2nn[nH]c2=O)cc1)c1cccc(-c2ccoc2)c1. The Kier molecular flexibility index (Phi) is 3.91. The Morgan fingerprint density at radius 3 is 2.62 bits per heavy atom. The lowest BCUT2D eigenvalue weighted by atomic mass is 10.1. The van der Waals surface area contributed by atoms with E-state index in [1.807, 2.05) is 18.2 Å². The molecule has 2 heterocycles. The third-order valence-electron chi connectivity index (χ3n) is 3.82. The fourth-order valence-corrected chi connectivity index (χ4v) is 2.52. The molecule has 0 bridgehead atoms. The number of carbonyl (C=O) groups excluding carboxylic acids is 1. The number of aromatic amines is 1. The zero-order valence-electron chi connectivity index (χ0n) is 13.4. The van der Waals surface area contributed by atoms with Crippen LogP contribution in [0.4, 0.5) is 5.69 Å². The summed E-state index contributed by atoms with van der Waals surface area (Å²) in [5, 5.41) is 12.1. The molecule has 0 saturated heterocycles. The van der Waals surface area contributed by atoms with Crippen molar-refractivity contribution < 1.29 is 9.21 Å². The molecule has 0 radical (unpaired) electrons. The summed E-state index contributed by atoms with van der Waals surface area (Å²) in [5.74, 6) is -0.235. The number of benzene rings is 2. The smallest absolute Gasteiger partial charge is 0.365 e. The Morgan fingerprint density at radius 2 is 1.92 bits per heavy atom. The molecule has 8 nitrogen and oxygen atoms in total. The van der Waals surface area contributed by atoms with Crippen LogP contribution in [0.15, 0.2) is 76.3 Å². The van der Waals surface area contributed by atoms with Crippen molar-refractivity contribution >= 4 is 11.6 Å². The van der Waals surface area contributed by atoms with Crippen molar-refractivity contribution in [1.29, 1.82) is 0 Å². The van der Waals surface area contributed by atoms with Gasteiger partial charge in [0, 0.05) is 16.8 Å². The number of H-pyrrole nitrogens is 1. The molecule has 4 aromatic rings. The summed E-state index contributed by atoms with van der Waals surface area (Å²) in [6.45, 7) is 0. The zero-order chi connectivity index (χ0) is 17.9. The summed E-state index contributed by atoms with van der Waals surface area (Å²) in [6.07, 6.45) is 3.21. The van der Waals surface area contributed by atoms with Gasteiger partial charge < -0.3 is 9.73 Å². The molecule has 0 fully saturated rings. The van der Waals surface area contributed by atoms with Crippen LogP contribution in [0.3, 0.4) is 0 Å². The van der Waals surface area contributed by atoms with Crippen molar-refractivity contribution in [2.75, 3.05) is 5.32 Å². The second-order valence-electron chi connectivity index (χ2n) is 5.51. The van der Waals surface area contributed by atoms with Crippen LogP contribution in [-0.4, -0.2) is 26.1 Å². The van der Waals surface area contributed by atoms with E-state index in [1.54, 1.807) is 48.9 Å². The highest BCUT2D eigenvalue weighted by Crippen LogP contribution is 2.21. The van der Waals surface area contributed by atoms with Crippen molar-refractivity contribution in [1.82, 2.24) is 20.2 Å². The number of tetrazole rings is 1. The summed E-state index contributed by atoms with van der Waals surface area (Å²) in [4.78, 5) is 24.0. The van der Waals surface area contributed by atoms with Gasteiger partial charge in [0.25, 0.3) is 5.91 Å².